The Morgan fingerprint density at radius 2 is 1.44 bits per heavy atom. The highest BCUT2D eigenvalue weighted by Gasteiger charge is 2.37. The molecule has 0 unspecified atom stereocenters. The molecule has 0 spiro atoms. The van der Waals surface area contributed by atoms with Crippen molar-refractivity contribution < 1.29 is 13.1 Å². The Balaban J connectivity index is 1.71. The largest absolute Gasteiger partial charge is 0.454 e. The number of aryl methyl sites for hydroxylation is 3. The van der Waals surface area contributed by atoms with E-state index in [2.05, 4.69) is 75.6 Å². The summed E-state index contributed by atoms with van der Waals surface area (Å²) in [5, 5.41) is 1.93. The van der Waals surface area contributed by atoms with Crippen LogP contribution in [0.3, 0.4) is 0 Å². The molecule has 0 atom stereocenters. The lowest BCUT2D eigenvalue weighted by Crippen LogP contribution is -2.33. The zero-order valence-corrected chi connectivity index (χ0v) is 22.1. The summed E-state index contributed by atoms with van der Waals surface area (Å²) in [6, 6.07) is 20.6. The van der Waals surface area contributed by atoms with Crippen LogP contribution in [0.5, 0.6) is 0 Å². The summed E-state index contributed by atoms with van der Waals surface area (Å²) < 4.78 is 34.2. The van der Waals surface area contributed by atoms with E-state index in [4.69, 9.17) is 8.53 Å². The van der Waals surface area contributed by atoms with Crippen LogP contribution in [0.1, 0.15) is 66.9 Å². The molecular formula is C34H36NO+. The van der Waals surface area contributed by atoms with E-state index in [0.29, 0.717) is 16.7 Å². The highest BCUT2D eigenvalue weighted by molar-refractivity contribution is 6.13. The maximum Gasteiger partial charge on any atom is 0.216 e. The minimum atomic E-state index is -2.28. The second kappa shape index (κ2) is 7.80. The number of hydrogen-bond donors (Lipinski definition) is 0. The summed E-state index contributed by atoms with van der Waals surface area (Å²) in [7, 11) is 2.03. The van der Waals surface area contributed by atoms with E-state index >= 15 is 0 Å². The van der Waals surface area contributed by atoms with Gasteiger partial charge < -0.3 is 4.42 Å². The van der Waals surface area contributed by atoms with Crippen LogP contribution in [0.4, 0.5) is 0 Å². The Labute approximate surface area is 218 Å². The van der Waals surface area contributed by atoms with E-state index in [0.717, 1.165) is 51.6 Å². The molecule has 0 aliphatic heterocycles. The number of rotatable bonds is 2. The molecule has 0 N–H and O–H groups in total. The Hall–Kier alpha value is -3.39. The molecule has 0 radical (unpaired) electrons. The molecular weight excluding hydrogens is 438 g/mol. The SMILES string of the molecule is [2H]C([2H])([2H])c1ccc2c(oc3c(-c4cccc[n+]4C)c(C)ccc32)c1-c1ccc2c(c1)C(C)(C)CCC2(C)C. The van der Waals surface area contributed by atoms with Gasteiger partial charge in [0.25, 0.3) is 0 Å². The molecule has 0 fully saturated rings. The Morgan fingerprint density at radius 3 is 2.14 bits per heavy atom. The van der Waals surface area contributed by atoms with Gasteiger partial charge in [-0.25, -0.2) is 4.57 Å². The van der Waals surface area contributed by atoms with Crippen LogP contribution < -0.4 is 4.57 Å². The number of aromatic nitrogens is 1. The normalized spacial score (nSPS) is 18.0. The van der Waals surface area contributed by atoms with Crippen molar-refractivity contribution in [3.63, 3.8) is 0 Å². The Morgan fingerprint density at radius 1 is 0.778 bits per heavy atom. The minimum absolute atomic E-state index is 0.00905. The van der Waals surface area contributed by atoms with Crippen LogP contribution >= 0.6 is 0 Å². The Kier molecular flexibility index (Phi) is 4.28. The second-order valence-electron chi connectivity index (χ2n) is 11.8. The van der Waals surface area contributed by atoms with E-state index in [-0.39, 0.29) is 10.8 Å². The van der Waals surface area contributed by atoms with Gasteiger partial charge in [-0.2, -0.15) is 0 Å². The van der Waals surface area contributed by atoms with Gasteiger partial charge in [0.1, 0.15) is 18.2 Å². The maximum atomic E-state index is 8.43. The molecule has 0 amide bonds. The van der Waals surface area contributed by atoms with Crippen LogP contribution in [0.15, 0.2) is 71.3 Å². The van der Waals surface area contributed by atoms with Gasteiger partial charge in [-0.15, -0.1) is 0 Å². The van der Waals surface area contributed by atoms with Crippen LogP contribution in [0.2, 0.25) is 0 Å². The van der Waals surface area contributed by atoms with Crippen molar-refractivity contribution in [2.45, 2.75) is 65.1 Å². The number of pyridine rings is 1. The van der Waals surface area contributed by atoms with Gasteiger partial charge in [0.15, 0.2) is 6.20 Å². The van der Waals surface area contributed by atoms with E-state index in [9.17, 15) is 0 Å². The van der Waals surface area contributed by atoms with Crippen LogP contribution in [0, 0.1) is 13.8 Å². The lowest BCUT2D eigenvalue weighted by molar-refractivity contribution is -0.660. The number of fused-ring (bicyclic) bond motifs is 4. The first-order valence-corrected chi connectivity index (χ1v) is 12.9. The third-order valence-corrected chi connectivity index (χ3v) is 8.47. The van der Waals surface area contributed by atoms with Crippen molar-refractivity contribution in [1.29, 1.82) is 0 Å². The molecule has 2 heterocycles. The zero-order chi connectivity index (χ0) is 27.9. The van der Waals surface area contributed by atoms with Gasteiger partial charge in [-0.1, -0.05) is 70.2 Å². The van der Waals surface area contributed by atoms with Crippen molar-refractivity contribution in [2.24, 2.45) is 7.05 Å². The van der Waals surface area contributed by atoms with Crippen molar-refractivity contribution in [3.05, 3.63) is 89.1 Å². The summed E-state index contributed by atoms with van der Waals surface area (Å²) in [6.45, 7) is 9.03. The summed E-state index contributed by atoms with van der Waals surface area (Å²) in [6.07, 6.45) is 4.25. The molecule has 0 saturated heterocycles. The fourth-order valence-electron chi connectivity index (χ4n) is 6.13. The lowest BCUT2D eigenvalue weighted by atomic mass is 9.63. The molecule has 2 heteroatoms. The molecule has 2 nitrogen and oxygen atoms in total. The standard InChI is InChI=1S/C34H36NO/c1-21-11-14-24-25-15-12-22(2)30(28-10-8-9-19-35(28)7)32(25)36-31(24)29(21)23-13-16-26-27(20-23)34(5,6)18-17-33(26,3)4/h8-16,19-20H,17-18H2,1-7H3/q+1/i1D3. The summed E-state index contributed by atoms with van der Waals surface area (Å²) >= 11 is 0. The number of furan rings is 1. The van der Waals surface area contributed by atoms with Crippen molar-refractivity contribution in [2.75, 3.05) is 0 Å². The molecule has 182 valence electrons. The van der Waals surface area contributed by atoms with Crippen molar-refractivity contribution >= 4 is 21.9 Å². The summed E-state index contributed by atoms with van der Waals surface area (Å²) in [5.41, 5.74) is 9.25. The van der Waals surface area contributed by atoms with Crippen LogP contribution in [0.25, 0.3) is 44.3 Å². The van der Waals surface area contributed by atoms with Crippen LogP contribution in [-0.2, 0) is 17.9 Å². The number of benzene rings is 3. The molecule has 5 aromatic rings. The van der Waals surface area contributed by atoms with Gasteiger partial charge in [0.2, 0.25) is 5.69 Å². The first kappa shape index (κ1) is 19.8. The highest BCUT2D eigenvalue weighted by atomic mass is 16.3. The molecule has 1 aliphatic rings. The number of nitrogens with zero attached hydrogens (tertiary/aromatic N) is 1. The Bertz CT molecular complexity index is 1770. The third kappa shape index (κ3) is 3.34. The van der Waals surface area contributed by atoms with Gasteiger partial charge in [-0.05, 0) is 71.3 Å². The fourth-order valence-corrected chi connectivity index (χ4v) is 6.13. The van der Waals surface area contributed by atoms with Gasteiger partial charge in [-0.3, -0.25) is 0 Å². The average Bonchev–Trinajstić information content (AvgIpc) is 3.25. The first-order chi connectivity index (χ1) is 18.3. The third-order valence-electron chi connectivity index (χ3n) is 8.47. The van der Waals surface area contributed by atoms with Crippen molar-refractivity contribution in [3.8, 4) is 22.4 Å². The molecule has 0 bridgehead atoms. The quantitative estimate of drug-likeness (QED) is 0.232. The first-order valence-electron chi connectivity index (χ1n) is 14.4. The van der Waals surface area contributed by atoms with E-state index in [1.165, 1.54) is 11.1 Å². The predicted octanol–water partition coefficient (Wildman–Crippen LogP) is 8.71. The average molecular weight is 478 g/mol. The van der Waals surface area contributed by atoms with Crippen molar-refractivity contribution in [1.82, 2.24) is 0 Å². The summed E-state index contributed by atoms with van der Waals surface area (Å²) in [4.78, 5) is 0. The smallest absolute Gasteiger partial charge is 0.216 e. The second-order valence-corrected chi connectivity index (χ2v) is 11.8. The van der Waals surface area contributed by atoms with E-state index in [1.54, 1.807) is 6.07 Å². The molecule has 6 rings (SSSR count). The highest BCUT2D eigenvalue weighted by Crippen LogP contribution is 2.48. The summed E-state index contributed by atoms with van der Waals surface area (Å²) in [5.74, 6) is 0. The molecule has 1 aliphatic carbocycles. The monoisotopic (exact) mass is 477 g/mol. The molecule has 0 saturated carbocycles. The van der Waals surface area contributed by atoms with E-state index < -0.39 is 6.85 Å². The number of hydrogen-bond acceptors (Lipinski definition) is 1. The predicted molar refractivity (Wildman–Crippen MR) is 151 cm³/mol. The maximum absolute atomic E-state index is 8.43. The van der Waals surface area contributed by atoms with E-state index in [1.807, 2.05) is 31.4 Å². The molecule has 3 aromatic carbocycles. The topological polar surface area (TPSA) is 17.0 Å². The fraction of sp³-hybridized carbons (Fsp3) is 0.324. The minimum Gasteiger partial charge on any atom is -0.454 e. The van der Waals surface area contributed by atoms with Gasteiger partial charge in [0, 0.05) is 32.6 Å². The zero-order valence-electron chi connectivity index (χ0n) is 25.1. The van der Waals surface area contributed by atoms with Gasteiger partial charge >= 0.3 is 0 Å². The molecule has 2 aromatic heterocycles. The van der Waals surface area contributed by atoms with Crippen LogP contribution in [-0.4, -0.2) is 0 Å². The molecule has 36 heavy (non-hydrogen) atoms. The van der Waals surface area contributed by atoms with Gasteiger partial charge in [0.05, 0.1) is 5.56 Å². The lowest BCUT2D eigenvalue weighted by Gasteiger charge is -2.42.